The highest BCUT2D eigenvalue weighted by Gasteiger charge is 2.22. The summed E-state index contributed by atoms with van der Waals surface area (Å²) in [7, 11) is 0. The first-order chi connectivity index (χ1) is 10.3. The maximum atomic E-state index is 11.8. The molecule has 1 amide bonds. The molecular weight excluding hydrogens is 274 g/mol. The van der Waals surface area contributed by atoms with Crippen molar-refractivity contribution < 1.29 is 9.53 Å². The van der Waals surface area contributed by atoms with Gasteiger partial charge in [-0.1, -0.05) is 41.5 Å². The van der Waals surface area contributed by atoms with Crippen LogP contribution in [0, 0.1) is 6.92 Å². The van der Waals surface area contributed by atoms with E-state index in [4.69, 9.17) is 4.74 Å². The van der Waals surface area contributed by atoms with Gasteiger partial charge in [0.25, 0.3) is 0 Å². The Kier molecular flexibility index (Phi) is 5.28. The summed E-state index contributed by atoms with van der Waals surface area (Å²) in [6.07, 6.45) is 6.02. The monoisotopic (exact) mass is 301 g/mol. The van der Waals surface area contributed by atoms with E-state index in [9.17, 15) is 4.79 Å². The van der Waals surface area contributed by atoms with E-state index in [-0.39, 0.29) is 12.1 Å². The van der Waals surface area contributed by atoms with E-state index in [1.807, 2.05) is 20.8 Å². The molecule has 3 nitrogen and oxygen atoms in total. The van der Waals surface area contributed by atoms with Gasteiger partial charge in [-0.3, -0.25) is 0 Å². The lowest BCUT2D eigenvalue weighted by Crippen LogP contribution is -2.40. The fraction of sp³-hybridized carbons (Fsp3) is 0.526. The summed E-state index contributed by atoms with van der Waals surface area (Å²) in [5, 5.41) is 2.98. The summed E-state index contributed by atoms with van der Waals surface area (Å²) in [5.41, 5.74) is 3.58. The van der Waals surface area contributed by atoms with E-state index < -0.39 is 5.60 Å². The molecule has 1 aliphatic carbocycles. The maximum Gasteiger partial charge on any atom is 0.407 e. The molecule has 1 N–H and O–H groups in total. The normalized spacial score (nSPS) is 18.7. The second-order valence-corrected chi connectivity index (χ2v) is 7.13. The van der Waals surface area contributed by atoms with Gasteiger partial charge in [0.2, 0.25) is 0 Å². The van der Waals surface area contributed by atoms with Crippen molar-refractivity contribution in [3.05, 3.63) is 41.0 Å². The van der Waals surface area contributed by atoms with Gasteiger partial charge in [0.15, 0.2) is 0 Å². The number of carbonyl (C=O) groups is 1. The molecule has 0 radical (unpaired) electrons. The van der Waals surface area contributed by atoms with Gasteiger partial charge in [-0.15, -0.1) is 0 Å². The van der Waals surface area contributed by atoms with E-state index in [1.165, 1.54) is 16.7 Å². The molecule has 1 aromatic rings. The van der Waals surface area contributed by atoms with Crippen LogP contribution in [0.4, 0.5) is 4.79 Å². The summed E-state index contributed by atoms with van der Waals surface area (Å²) in [4.78, 5) is 11.8. The molecule has 120 valence electrons. The molecule has 1 aromatic carbocycles. The van der Waals surface area contributed by atoms with E-state index in [1.54, 1.807) is 0 Å². The topological polar surface area (TPSA) is 38.3 Å². The van der Waals surface area contributed by atoms with E-state index in [2.05, 4.69) is 42.6 Å². The molecule has 1 saturated carbocycles. The fourth-order valence-corrected chi connectivity index (χ4v) is 2.65. The van der Waals surface area contributed by atoms with Gasteiger partial charge in [0, 0.05) is 6.04 Å². The standard InChI is InChI=1S/C19H27NO2/c1-14-5-7-15(8-6-14)13-16-9-11-17(12-10-16)20-18(21)22-19(2,3)4/h5-8,13,17H,9-12H2,1-4H3,(H,20,21). The van der Waals surface area contributed by atoms with Crippen molar-refractivity contribution in [3.63, 3.8) is 0 Å². The van der Waals surface area contributed by atoms with Crippen molar-refractivity contribution in [3.8, 4) is 0 Å². The van der Waals surface area contributed by atoms with Crippen molar-refractivity contribution >= 4 is 12.2 Å². The summed E-state index contributed by atoms with van der Waals surface area (Å²) >= 11 is 0. The molecule has 1 fully saturated rings. The molecule has 0 bridgehead atoms. The van der Waals surface area contributed by atoms with Crippen LogP contribution in [0.2, 0.25) is 0 Å². The predicted molar refractivity (Wildman–Crippen MR) is 90.8 cm³/mol. The van der Waals surface area contributed by atoms with Crippen LogP contribution in [-0.4, -0.2) is 17.7 Å². The SMILES string of the molecule is Cc1ccc(C=C2CCC(NC(=O)OC(C)(C)C)CC2)cc1. The van der Waals surface area contributed by atoms with Gasteiger partial charge >= 0.3 is 6.09 Å². The molecule has 0 aliphatic heterocycles. The number of ether oxygens (including phenoxy) is 1. The van der Waals surface area contributed by atoms with Crippen LogP contribution in [0.15, 0.2) is 29.8 Å². The molecule has 0 saturated heterocycles. The van der Waals surface area contributed by atoms with E-state index >= 15 is 0 Å². The predicted octanol–water partition coefficient (Wildman–Crippen LogP) is 4.85. The number of hydrogen-bond acceptors (Lipinski definition) is 2. The molecular formula is C19H27NO2. The lowest BCUT2D eigenvalue weighted by molar-refractivity contribution is 0.0496. The Labute approximate surface area is 133 Å². The second kappa shape index (κ2) is 6.99. The summed E-state index contributed by atoms with van der Waals surface area (Å²) in [5.74, 6) is 0. The number of benzene rings is 1. The van der Waals surface area contributed by atoms with Gasteiger partial charge in [-0.05, 0) is 58.9 Å². The van der Waals surface area contributed by atoms with Crippen LogP contribution in [0.5, 0.6) is 0 Å². The first-order valence-electron chi connectivity index (χ1n) is 8.07. The van der Waals surface area contributed by atoms with Crippen LogP contribution in [0.25, 0.3) is 6.08 Å². The van der Waals surface area contributed by atoms with Crippen LogP contribution < -0.4 is 5.32 Å². The molecule has 0 unspecified atom stereocenters. The molecule has 0 spiro atoms. The van der Waals surface area contributed by atoms with Crippen molar-refractivity contribution in [1.82, 2.24) is 5.32 Å². The third-order valence-corrected chi connectivity index (χ3v) is 3.80. The highest BCUT2D eigenvalue weighted by atomic mass is 16.6. The Morgan fingerprint density at radius 1 is 1.18 bits per heavy atom. The second-order valence-electron chi connectivity index (χ2n) is 7.13. The summed E-state index contributed by atoms with van der Waals surface area (Å²) in [6, 6.07) is 8.83. The number of rotatable bonds is 2. The Balaban J connectivity index is 1.83. The third kappa shape index (κ3) is 5.55. The zero-order valence-corrected chi connectivity index (χ0v) is 14.1. The highest BCUT2D eigenvalue weighted by Crippen LogP contribution is 2.26. The average molecular weight is 301 g/mol. The van der Waals surface area contributed by atoms with Gasteiger partial charge < -0.3 is 10.1 Å². The Hall–Kier alpha value is -1.77. The maximum absolute atomic E-state index is 11.8. The van der Waals surface area contributed by atoms with Crippen LogP contribution in [0.3, 0.4) is 0 Å². The van der Waals surface area contributed by atoms with Crippen LogP contribution in [0.1, 0.15) is 57.6 Å². The Morgan fingerprint density at radius 2 is 1.77 bits per heavy atom. The van der Waals surface area contributed by atoms with Gasteiger partial charge in [0.1, 0.15) is 5.60 Å². The van der Waals surface area contributed by atoms with E-state index in [0.29, 0.717) is 0 Å². The molecule has 3 heteroatoms. The van der Waals surface area contributed by atoms with Crippen molar-refractivity contribution in [2.24, 2.45) is 0 Å². The Bertz CT molecular complexity index is 528. The Morgan fingerprint density at radius 3 is 2.32 bits per heavy atom. The third-order valence-electron chi connectivity index (χ3n) is 3.80. The van der Waals surface area contributed by atoms with Crippen molar-refractivity contribution in [2.45, 2.75) is 65.0 Å². The fourth-order valence-electron chi connectivity index (χ4n) is 2.65. The lowest BCUT2D eigenvalue weighted by Gasteiger charge is -2.27. The molecule has 0 aromatic heterocycles. The summed E-state index contributed by atoms with van der Waals surface area (Å²) < 4.78 is 5.31. The van der Waals surface area contributed by atoms with Crippen molar-refractivity contribution in [2.75, 3.05) is 0 Å². The molecule has 0 heterocycles. The first kappa shape index (κ1) is 16.6. The zero-order chi connectivity index (χ0) is 16.2. The first-order valence-corrected chi connectivity index (χ1v) is 8.07. The number of allylic oxidation sites excluding steroid dienone is 1. The largest absolute Gasteiger partial charge is 0.444 e. The van der Waals surface area contributed by atoms with Gasteiger partial charge in [0.05, 0.1) is 0 Å². The van der Waals surface area contributed by atoms with Gasteiger partial charge in [-0.2, -0.15) is 0 Å². The quantitative estimate of drug-likeness (QED) is 0.848. The smallest absolute Gasteiger partial charge is 0.407 e. The van der Waals surface area contributed by atoms with Crippen LogP contribution in [-0.2, 0) is 4.74 Å². The minimum Gasteiger partial charge on any atom is -0.444 e. The summed E-state index contributed by atoms with van der Waals surface area (Å²) in [6.45, 7) is 7.76. The molecule has 22 heavy (non-hydrogen) atoms. The average Bonchev–Trinajstić information content (AvgIpc) is 2.41. The zero-order valence-electron chi connectivity index (χ0n) is 14.1. The number of alkyl carbamates (subject to hydrolysis) is 1. The molecule has 0 atom stereocenters. The highest BCUT2D eigenvalue weighted by molar-refractivity contribution is 5.68. The number of hydrogen-bond donors (Lipinski definition) is 1. The van der Waals surface area contributed by atoms with Crippen molar-refractivity contribution in [1.29, 1.82) is 0 Å². The van der Waals surface area contributed by atoms with E-state index in [0.717, 1.165) is 25.7 Å². The van der Waals surface area contributed by atoms with Crippen LogP contribution >= 0.6 is 0 Å². The number of amides is 1. The molecule has 1 aliphatic rings. The molecule has 2 rings (SSSR count). The van der Waals surface area contributed by atoms with Gasteiger partial charge in [-0.25, -0.2) is 4.79 Å². The minimum absolute atomic E-state index is 0.227. The number of nitrogens with one attached hydrogen (secondary N) is 1. The lowest BCUT2D eigenvalue weighted by atomic mass is 9.89. The number of aryl methyl sites for hydroxylation is 1. The minimum atomic E-state index is -0.435. The number of carbonyl (C=O) groups excluding carboxylic acids is 1.